The van der Waals surface area contributed by atoms with Gasteiger partial charge in [0.1, 0.15) is 5.82 Å². The lowest BCUT2D eigenvalue weighted by Gasteiger charge is -2.11. The van der Waals surface area contributed by atoms with E-state index in [0.717, 1.165) is 17.7 Å². The first-order valence-electron chi connectivity index (χ1n) is 6.49. The molecule has 0 atom stereocenters. The van der Waals surface area contributed by atoms with Crippen LogP contribution in [-0.2, 0) is 12.7 Å². The van der Waals surface area contributed by atoms with Gasteiger partial charge in [-0.3, -0.25) is 4.99 Å². The third-order valence-electron chi connectivity index (χ3n) is 3.12. The van der Waals surface area contributed by atoms with Gasteiger partial charge in [0, 0.05) is 12.6 Å². The van der Waals surface area contributed by atoms with E-state index in [2.05, 4.69) is 15.4 Å². The van der Waals surface area contributed by atoms with Gasteiger partial charge in [-0.1, -0.05) is 12.1 Å². The fraction of sp³-hybridized carbons (Fsp3) is 0.286. The Balaban J connectivity index is 2.21. The quantitative estimate of drug-likeness (QED) is 0.676. The molecule has 22 heavy (non-hydrogen) atoms. The number of rotatable bonds is 3. The molecule has 0 saturated carbocycles. The predicted molar refractivity (Wildman–Crippen MR) is 78.7 cm³/mol. The maximum absolute atomic E-state index is 12.5. The third kappa shape index (κ3) is 3.57. The van der Waals surface area contributed by atoms with Gasteiger partial charge in [-0.2, -0.15) is 18.3 Å². The Labute approximate surface area is 125 Å². The molecular weight excluding hydrogens is 295 g/mol. The van der Waals surface area contributed by atoms with Gasteiger partial charge < -0.3 is 11.1 Å². The summed E-state index contributed by atoms with van der Waals surface area (Å²) in [5, 5.41) is 7.10. The second-order valence-corrected chi connectivity index (χ2v) is 4.76. The summed E-state index contributed by atoms with van der Waals surface area (Å²) in [6.45, 7) is 2.17. The van der Waals surface area contributed by atoms with Crippen molar-refractivity contribution < 1.29 is 13.2 Å². The zero-order valence-electron chi connectivity index (χ0n) is 12.1. The molecule has 2 rings (SSSR count). The lowest BCUT2D eigenvalue weighted by atomic mass is 10.1. The number of nitrogens with two attached hydrogens (primary N) is 1. The molecule has 8 heteroatoms. The molecule has 0 saturated heterocycles. The Bertz CT molecular complexity index is 671. The van der Waals surface area contributed by atoms with Crippen molar-refractivity contribution in [1.82, 2.24) is 9.78 Å². The van der Waals surface area contributed by atoms with Crippen LogP contribution < -0.4 is 11.1 Å². The van der Waals surface area contributed by atoms with Gasteiger partial charge in [0.15, 0.2) is 5.96 Å². The topological polar surface area (TPSA) is 68.2 Å². The predicted octanol–water partition coefficient (Wildman–Crippen LogP) is 2.62. The summed E-state index contributed by atoms with van der Waals surface area (Å²) in [6.07, 6.45) is -2.69. The molecule has 1 heterocycles. The molecule has 0 fully saturated rings. The summed E-state index contributed by atoms with van der Waals surface area (Å²) >= 11 is 0. The Morgan fingerprint density at radius 3 is 2.50 bits per heavy atom. The summed E-state index contributed by atoms with van der Waals surface area (Å²) in [7, 11) is 1.55. The first-order chi connectivity index (χ1) is 10.3. The summed E-state index contributed by atoms with van der Waals surface area (Å²) < 4.78 is 39.2. The zero-order chi connectivity index (χ0) is 16.3. The molecule has 5 nitrogen and oxygen atoms in total. The smallest absolute Gasteiger partial charge is 0.370 e. The summed E-state index contributed by atoms with van der Waals surface area (Å²) in [5.41, 5.74) is 6.52. The van der Waals surface area contributed by atoms with Gasteiger partial charge >= 0.3 is 6.18 Å². The lowest BCUT2D eigenvalue weighted by Crippen LogP contribution is -2.24. The van der Waals surface area contributed by atoms with Crippen LogP contribution >= 0.6 is 0 Å². The van der Waals surface area contributed by atoms with Gasteiger partial charge in [0.25, 0.3) is 0 Å². The molecule has 2 aromatic rings. The van der Waals surface area contributed by atoms with Crippen molar-refractivity contribution in [3.8, 4) is 0 Å². The number of hydrogen-bond donors (Lipinski definition) is 2. The molecule has 0 aliphatic carbocycles. The Hall–Kier alpha value is -2.51. The number of aliphatic imine (C=N–C) groups is 1. The van der Waals surface area contributed by atoms with Crippen LogP contribution in [0.3, 0.4) is 0 Å². The second kappa shape index (κ2) is 6.08. The average molecular weight is 311 g/mol. The molecule has 0 bridgehead atoms. The highest BCUT2D eigenvalue weighted by Crippen LogP contribution is 2.29. The van der Waals surface area contributed by atoms with Gasteiger partial charge in [-0.05, 0) is 24.6 Å². The van der Waals surface area contributed by atoms with E-state index in [1.807, 2.05) is 6.92 Å². The fourth-order valence-corrected chi connectivity index (χ4v) is 1.91. The van der Waals surface area contributed by atoms with Crippen molar-refractivity contribution >= 4 is 11.8 Å². The van der Waals surface area contributed by atoms with Crippen LogP contribution in [0, 0.1) is 6.92 Å². The molecule has 0 aliphatic heterocycles. The number of anilines is 1. The Morgan fingerprint density at radius 1 is 1.32 bits per heavy atom. The van der Waals surface area contributed by atoms with Crippen LogP contribution in [0.25, 0.3) is 0 Å². The summed E-state index contributed by atoms with van der Waals surface area (Å²) in [5.74, 6) is 0.889. The zero-order valence-corrected chi connectivity index (χ0v) is 12.1. The van der Waals surface area contributed by atoms with Crippen molar-refractivity contribution in [3.05, 3.63) is 47.2 Å². The van der Waals surface area contributed by atoms with Gasteiger partial charge in [-0.25, -0.2) is 4.68 Å². The number of hydrogen-bond acceptors (Lipinski definition) is 2. The molecule has 1 aromatic carbocycles. The van der Waals surface area contributed by atoms with E-state index < -0.39 is 11.7 Å². The van der Waals surface area contributed by atoms with Crippen molar-refractivity contribution in [2.75, 3.05) is 12.4 Å². The number of aromatic nitrogens is 2. The number of nitrogens with one attached hydrogen (secondary N) is 1. The van der Waals surface area contributed by atoms with Crippen molar-refractivity contribution in [3.63, 3.8) is 0 Å². The average Bonchev–Trinajstić information content (AvgIpc) is 2.79. The van der Waals surface area contributed by atoms with Crippen LogP contribution in [0.1, 0.15) is 16.7 Å². The molecule has 0 aliphatic rings. The summed E-state index contributed by atoms with van der Waals surface area (Å²) in [6, 6.07) is 4.98. The second-order valence-electron chi connectivity index (χ2n) is 4.76. The molecule has 0 radical (unpaired) electrons. The minimum Gasteiger partial charge on any atom is -0.370 e. The summed E-state index contributed by atoms with van der Waals surface area (Å²) in [4.78, 5) is 3.81. The van der Waals surface area contributed by atoms with Crippen LogP contribution in [-0.4, -0.2) is 22.8 Å². The number of guanidine groups is 1. The van der Waals surface area contributed by atoms with E-state index in [4.69, 9.17) is 5.73 Å². The van der Waals surface area contributed by atoms with Crippen molar-refractivity contribution in [1.29, 1.82) is 0 Å². The third-order valence-corrected chi connectivity index (χ3v) is 3.12. The fourth-order valence-electron chi connectivity index (χ4n) is 1.91. The maximum Gasteiger partial charge on any atom is 0.416 e. The molecule has 118 valence electrons. The van der Waals surface area contributed by atoms with Crippen LogP contribution in [0.4, 0.5) is 19.0 Å². The SMILES string of the molecule is CN=C(N)Nc1c(C)cnn1Cc1ccc(C(F)(F)F)cc1. The van der Waals surface area contributed by atoms with Crippen LogP contribution in [0.15, 0.2) is 35.5 Å². The standard InChI is InChI=1S/C14H16F3N5/c1-9-7-20-22(12(9)21-13(18)19-2)8-10-3-5-11(6-4-10)14(15,16)17/h3-7H,8H2,1-2H3,(H3,18,19,21). The van der Waals surface area contributed by atoms with Gasteiger partial charge in [0.05, 0.1) is 18.3 Å². The minimum atomic E-state index is -4.33. The largest absolute Gasteiger partial charge is 0.416 e. The molecule has 0 unspecified atom stereocenters. The molecular formula is C14H16F3N5. The minimum absolute atomic E-state index is 0.234. The molecule has 3 N–H and O–H groups in total. The number of nitrogens with zero attached hydrogens (tertiary/aromatic N) is 3. The normalized spacial score (nSPS) is 12.5. The van der Waals surface area contributed by atoms with Crippen molar-refractivity contribution in [2.45, 2.75) is 19.6 Å². The van der Waals surface area contributed by atoms with E-state index >= 15 is 0 Å². The van der Waals surface area contributed by atoms with E-state index in [1.165, 1.54) is 12.1 Å². The maximum atomic E-state index is 12.5. The Kier molecular flexibility index (Phi) is 4.39. The number of benzene rings is 1. The highest BCUT2D eigenvalue weighted by atomic mass is 19.4. The lowest BCUT2D eigenvalue weighted by molar-refractivity contribution is -0.137. The highest BCUT2D eigenvalue weighted by Gasteiger charge is 2.29. The monoisotopic (exact) mass is 311 g/mol. The van der Waals surface area contributed by atoms with E-state index in [1.54, 1.807) is 17.9 Å². The van der Waals surface area contributed by atoms with Gasteiger partial charge in [0.2, 0.25) is 0 Å². The van der Waals surface area contributed by atoms with E-state index in [-0.39, 0.29) is 5.96 Å². The van der Waals surface area contributed by atoms with Crippen LogP contribution in [0.5, 0.6) is 0 Å². The number of halogens is 3. The van der Waals surface area contributed by atoms with Crippen LogP contribution in [0.2, 0.25) is 0 Å². The molecule has 0 spiro atoms. The Morgan fingerprint density at radius 2 is 1.95 bits per heavy atom. The first-order valence-corrected chi connectivity index (χ1v) is 6.49. The first kappa shape index (κ1) is 15.9. The number of aryl methyl sites for hydroxylation is 1. The van der Waals surface area contributed by atoms with Crippen molar-refractivity contribution in [2.24, 2.45) is 10.7 Å². The van der Waals surface area contributed by atoms with E-state index in [9.17, 15) is 13.2 Å². The number of alkyl halides is 3. The van der Waals surface area contributed by atoms with Gasteiger partial charge in [-0.15, -0.1) is 0 Å². The van der Waals surface area contributed by atoms with E-state index in [0.29, 0.717) is 17.9 Å². The highest BCUT2D eigenvalue weighted by molar-refractivity contribution is 5.91. The molecule has 0 amide bonds. The molecule has 1 aromatic heterocycles.